The predicted octanol–water partition coefficient (Wildman–Crippen LogP) is -0.477. The second kappa shape index (κ2) is 12.8. The molecule has 1 fully saturated rings. The summed E-state index contributed by atoms with van der Waals surface area (Å²) in [5.74, 6) is -3.89. The summed E-state index contributed by atoms with van der Waals surface area (Å²) in [7, 11) is 0. The topological polar surface area (TPSA) is 185 Å². The van der Waals surface area contributed by atoms with Crippen molar-refractivity contribution in [2.24, 2.45) is 17.4 Å². The first kappa shape index (κ1) is 27.8. The van der Waals surface area contributed by atoms with Gasteiger partial charge >= 0.3 is 5.97 Å². The molecule has 0 saturated carbocycles. The predicted molar refractivity (Wildman–Crippen MR) is 128 cm³/mol. The fourth-order valence-corrected chi connectivity index (χ4v) is 4.06. The molecule has 7 N–H and O–H groups in total. The van der Waals surface area contributed by atoms with E-state index in [-0.39, 0.29) is 24.7 Å². The van der Waals surface area contributed by atoms with Crippen LogP contribution in [0.5, 0.6) is 0 Å². The van der Waals surface area contributed by atoms with Gasteiger partial charge in [0.2, 0.25) is 23.6 Å². The first-order chi connectivity index (χ1) is 16.5. The van der Waals surface area contributed by atoms with Gasteiger partial charge < -0.3 is 32.1 Å². The summed E-state index contributed by atoms with van der Waals surface area (Å²) in [4.78, 5) is 62.8. The quantitative estimate of drug-likeness (QED) is 0.262. The minimum absolute atomic E-state index is 0.167. The Morgan fingerprint density at radius 1 is 1.11 bits per heavy atom. The standard InChI is InChI=1S/C24H35N5O6/c1-14(2)20(22(32)27-17(24(34)35)10-11-19(26)30)28-21(31)18-9-6-12-29(18)23(33)16(25)13-15-7-4-3-5-8-15/h3-5,7-8,14,16-18,20H,6,9-13,25H2,1-2H3,(H2,26,30)(H,27,32)(H,28,31)(H,34,35). The number of hydrogen-bond donors (Lipinski definition) is 5. The molecular weight excluding hydrogens is 454 g/mol. The molecule has 1 aliphatic heterocycles. The summed E-state index contributed by atoms with van der Waals surface area (Å²) in [6, 6.07) is 5.40. The highest BCUT2D eigenvalue weighted by atomic mass is 16.4. The molecule has 0 aromatic heterocycles. The largest absolute Gasteiger partial charge is 0.480 e. The molecule has 4 unspecified atom stereocenters. The molecule has 4 atom stereocenters. The van der Waals surface area contributed by atoms with Crippen LogP contribution in [0.15, 0.2) is 30.3 Å². The van der Waals surface area contributed by atoms with Gasteiger partial charge in [0.05, 0.1) is 6.04 Å². The van der Waals surface area contributed by atoms with E-state index in [0.29, 0.717) is 25.8 Å². The fraction of sp³-hybridized carbons (Fsp3) is 0.542. The molecule has 11 heteroatoms. The van der Waals surface area contributed by atoms with Crippen LogP contribution in [0.4, 0.5) is 0 Å². The number of nitrogens with zero attached hydrogens (tertiary/aromatic N) is 1. The van der Waals surface area contributed by atoms with Gasteiger partial charge in [-0.2, -0.15) is 0 Å². The summed E-state index contributed by atoms with van der Waals surface area (Å²) in [6.45, 7) is 3.79. The molecule has 192 valence electrons. The number of likely N-dealkylation sites (tertiary alicyclic amines) is 1. The Kier molecular flexibility index (Phi) is 10.2. The lowest BCUT2D eigenvalue weighted by Gasteiger charge is -2.29. The highest BCUT2D eigenvalue weighted by Crippen LogP contribution is 2.20. The minimum atomic E-state index is -1.33. The molecule has 2 rings (SSSR count). The molecular formula is C24H35N5O6. The Balaban J connectivity index is 2.04. The van der Waals surface area contributed by atoms with Gasteiger partial charge in [-0.3, -0.25) is 19.2 Å². The van der Waals surface area contributed by atoms with Crippen molar-refractivity contribution in [3.63, 3.8) is 0 Å². The van der Waals surface area contributed by atoms with Gasteiger partial charge in [-0.1, -0.05) is 44.2 Å². The van der Waals surface area contributed by atoms with Crippen molar-refractivity contribution in [3.05, 3.63) is 35.9 Å². The molecule has 1 aromatic rings. The van der Waals surface area contributed by atoms with E-state index in [9.17, 15) is 29.1 Å². The Hall–Kier alpha value is -3.47. The summed E-state index contributed by atoms with van der Waals surface area (Å²) >= 11 is 0. The molecule has 0 radical (unpaired) electrons. The first-order valence-electron chi connectivity index (χ1n) is 11.7. The Morgan fingerprint density at radius 2 is 1.77 bits per heavy atom. The summed E-state index contributed by atoms with van der Waals surface area (Å²) in [5, 5.41) is 14.4. The van der Waals surface area contributed by atoms with Crippen LogP contribution in [0.1, 0.15) is 45.1 Å². The molecule has 1 heterocycles. The number of primary amides is 1. The number of carboxylic acids is 1. The maximum Gasteiger partial charge on any atom is 0.326 e. The number of nitrogens with one attached hydrogen (secondary N) is 2. The van der Waals surface area contributed by atoms with Gasteiger partial charge in [0.1, 0.15) is 18.1 Å². The van der Waals surface area contributed by atoms with E-state index in [1.807, 2.05) is 30.3 Å². The van der Waals surface area contributed by atoms with Crippen molar-refractivity contribution >= 4 is 29.6 Å². The van der Waals surface area contributed by atoms with E-state index in [0.717, 1.165) is 5.56 Å². The number of amides is 4. The Bertz CT molecular complexity index is 922. The van der Waals surface area contributed by atoms with Crippen LogP contribution in [0.2, 0.25) is 0 Å². The highest BCUT2D eigenvalue weighted by Gasteiger charge is 2.38. The van der Waals surface area contributed by atoms with Gasteiger partial charge in [-0.15, -0.1) is 0 Å². The van der Waals surface area contributed by atoms with Gasteiger partial charge in [-0.05, 0) is 37.2 Å². The smallest absolute Gasteiger partial charge is 0.326 e. The second-order valence-electron chi connectivity index (χ2n) is 9.12. The van der Waals surface area contributed by atoms with Gasteiger partial charge in [0.25, 0.3) is 0 Å². The molecule has 0 bridgehead atoms. The number of hydrogen-bond acceptors (Lipinski definition) is 6. The van der Waals surface area contributed by atoms with Gasteiger partial charge in [0, 0.05) is 13.0 Å². The van der Waals surface area contributed by atoms with E-state index in [1.165, 1.54) is 4.90 Å². The zero-order valence-electron chi connectivity index (χ0n) is 20.1. The summed E-state index contributed by atoms with van der Waals surface area (Å²) in [6.07, 6.45) is 1.01. The normalized spacial score (nSPS) is 17.9. The SMILES string of the molecule is CC(C)C(NC(=O)C1CCCN1C(=O)C(N)Cc1ccccc1)C(=O)NC(CCC(N)=O)C(=O)O. The van der Waals surface area contributed by atoms with Gasteiger partial charge in [-0.25, -0.2) is 4.79 Å². The first-order valence-corrected chi connectivity index (χ1v) is 11.7. The van der Waals surface area contributed by atoms with Crippen molar-refractivity contribution in [3.8, 4) is 0 Å². The molecule has 1 aliphatic rings. The van der Waals surface area contributed by atoms with E-state index < -0.39 is 47.9 Å². The molecule has 4 amide bonds. The lowest BCUT2D eigenvalue weighted by atomic mass is 10.0. The van der Waals surface area contributed by atoms with Crippen molar-refractivity contribution in [2.75, 3.05) is 6.54 Å². The number of aliphatic carboxylic acids is 1. The third kappa shape index (κ3) is 8.06. The molecule has 1 aromatic carbocycles. The van der Waals surface area contributed by atoms with Crippen LogP contribution in [-0.4, -0.2) is 70.3 Å². The molecule has 0 aliphatic carbocycles. The number of carbonyl (C=O) groups is 5. The van der Waals surface area contributed by atoms with E-state index in [2.05, 4.69) is 10.6 Å². The highest BCUT2D eigenvalue weighted by molar-refractivity contribution is 5.94. The molecule has 0 spiro atoms. The number of carboxylic acid groups (broad SMARTS) is 1. The number of rotatable bonds is 12. The lowest BCUT2D eigenvalue weighted by Crippen LogP contribution is -2.58. The zero-order chi connectivity index (χ0) is 26.1. The fourth-order valence-electron chi connectivity index (χ4n) is 4.06. The average Bonchev–Trinajstić information content (AvgIpc) is 3.29. The van der Waals surface area contributed by atoms with Crippen molar-refractivity contribution in [1.82, 2.24) is 15.5 Å². The lowest BCUT2D eigenvalue weighted by molar-refractivity contribution is -0.143. The monoisotopic (exact) mass is 489 g/mol. The van der Waals surface area contributed by atoms with E-state index in [1.54, 1.807) is 13.8 Å². The van der Waals surface area contributed by atoms with Crippen molar-refractivity contribution < 1.29 is 29.1 Å². The van der Waals surface area contributed by atoms with Gasteiger partial charge in [0.15, 0.2) is 0 Å². The maximum absolute atomic E-state index is 13.1. The van der Waals surface area contributed by atoms with Crippen molar-refractivity contribution in [1.29, 1.82) is 0 Å². The summed E-state index contributed by atoms with van der Waals surface area (Å²) < 4.78 is 0. The molecule has 1 saturated heterocycles. The Morgan fingerprint density at radius 3 is 2.34 bits per heavy atom. The summed E-state index contributed by atoms with van der Waals surface area (Å²) in [5.41, 5.74) is 12.1. The van der Waals surface area contributed by atoms with Crippen LogP contribution in [-0.2, 0) is 30.4 Å². The number of benzene rings is 1. The Labute approximate surface area is 204 Å². The second-order valence-corrected chi connectivity index (χ2v) is 9.12. The number of nitrogens with two attached hydrogens (primary N) is 2. The van der Waals surface area contributed by atoms with Crippen LogP contribution < -0.4 is 22.1 Å². The van der Waals surface area contributed by atoms with E-state index >= 15 is 0 Å². The van der Waals surface area contributed by atoms with Crippen LogP contribution in [0, 0.1) is 5.92 Å². The third-order valence-corrected chi connectivity index (χ3v) is 6.00. The van der Waals surface area contributed by atoms with Crippen LogP contribution in [0.25, 0.3) is 0 Å². The van der Waals surface area contributed by atoms with Crippen LogP contribution in [0.3, 0.4) is 0 Å². The molecule has 11 nitrogen and oxygen atoms in total. The third-order valence-electron chi connectivity index (χ3n) is 6.00. The molecule has 35 heavy (non-hydrogen) atoms. The van der Waals surface area contributed by atoms with Crippen LogP contribution >= 0.6 is 0 Å². The number of carbonyl (C=O) groups excluding carboxylic acids is 4. The average molecular weight is 490 g/mol. The minimum Gasteiger partial charge on any atom is -0.480 e. The van der Waals surface area contributed by atoms with E-state index in [4.69, 9.17) is 11.5 Å². The maximum atomic E-state index is 13.1. The zero-order valence-corrected chi connectivity index (χ0v) is 20.1. The van der Waals surface area contributed by atoms with Crippen molar-refractivity contribution in [2.45, 2.75) is 70.1 Å².